The van der Waals surface area contributed by atoms with Gasteiger partial charge in [0.1, 0.15) is 0 Å². The maximum absolute atomic E-state index is 12.9. The summed E-state index contributed by atoms with van der Waals surface area (Å²) in [6.07, 6.45) is -0.540. The zero-order valence-corrected chi connectivity index (χ0v) is 11.3. The monoisotopic (exact) mass is 312 g/mol. The SMILES string of the molecule is Cl.O=C(NCCN1C(=O)CNC1=O)C1CC(F)(F)CN1. The molecule has 0 spiro atoms. The lowest BCUT2D eigenvalue weighted by atomic mass is 10.2. The van der Waals surface area contributed by atoms with Gasteiger partial charge in [-0.05, 0) is 0 Å². The van der Waals surface area contributed by atoms with Gasteiger partial charge in [-0.1, -0.05) is 0 Å². The first kappa shape index (κ1) is 16.6. The van der Waals surface area contributed by atoms with Crippen molar-refractivity contribution in [3.8, 4) is 0 Å². The van der Waals surface area contributed by atoms with Crippen LogP contribution in [-0.2, 0) is 9.59 Å². The summed E-state index contributed by atoms with van der Waals surface area (Å²) in [7, 11) is 0. The second kappa shape index (κ2) is 6.31. The first-order chi connectivity index (χ1) is 8.89. The largest absolute Gasteiger partial charge is 0.353 e. The predicted molar refractivity (Wildman–Crippen MR) is 66.7 cm³/mol. The molecular weight excluding hydrogens is 298 g/mol. The van der Waals surface area contributed by atoms with E-state index in [0.717, 1.165) is 4.90 Å². The molecule has 0 saturated carbocycles. The van der Waals surface area contributed by atoms with Crippen LogP contribution in [0.1, 0.15) is 6.42 Å². The number of urea groups is 1. The average molecular weight is 313 g/mol. The van der Waals surface area contributed by atoms with Gasteiger partial charge in [0.05, 0.1) is 19.1 Å². The third kappa shape index (κ3) is 3.76. The fraction of sp³-hybridized carbons (Fsp3) is 0.700. The van der Waals surface area contributed by atoms with E-state index in [1.165, 1.54) is 0 Å². The Morgan fingerprint density at radius 1 is 1.45 bits per heavy atom. The van der Waals surface area contributed by atoms with Gasteiger partial charge >= 0.3 is 6.03 Å². The van der Waals surface area contributed by atoms with Crippen molar-refractivity contribution in [3.05, 3.63) is 0 Å². The molecule has 2 heterocycles. The summed E-state index contributed by atoms with van der Waals surface area (Å²) < 4.78 is 25.8. The van der Waals surface area contributed by atoms with Gasteiger partial charge in [-0.3, -0.25) is 19.8 Å². The van der Waals surface area contributed by atoms with Crippen molar-refractivity contribution in [2.75, 3.05) is 26.2 Å². The minimum absolute atomic E-state index is 0. The summed E-state index contributed by atoms with van der Waals surface area (Å²) >= 11 is 0. The standard InChI is InChI=1S/C10H14F2N4O3.ClH/c11-10(12)3-6(15-5-10)8(18)13-1-2-16-7(17)4-14-9(16)19;/h6,15H,1-5H2,(H,13,18)(H,14,19);1H. The van der Waals surface area contributed by atoms with Crippen molar-refractivity contribution in [1.82, 2.24) is 20.9 Å². The van der Waals surface area contributed by atoms with Crippen molar-refractivity contribution < 1.29 is 23.2 Å². The van der Waals surface area contributed by atoms with Gasteiger partial charge in [-0.15, -0.1) is 12.4 Å². The fourth-order valence-electron chi connectivity index (χ4n) is 2.00. The molecule has 4 amide bonds. The summed E-state index contributed by atoms with van der Waals surface area (Å²) in [6, 6.07) is -1.44. The molecule has 2 saturated heterocycles. The van der Waals surface area contributed by atoms with Crippen LogP contribution in [0.3, 0.4) is 0 Å². The maximum atomic E-state index is 12.9. The molecule has 114 valence electrons. The first-order valence-electron chi connectivity index (χ1n) is 5.86. The smallest absolute Gasteiger partial charge is 0.324 e. The molecule has 2 fully saturated rings. The van der Waals surface area contributed by atoms with Gasteiger partial charge in [0.15, 0.2) is 0 Å². The molecule has 3 N–H and O–H groups in total. The van der Waals surface area contributed by atoms with Gasteiger partial charge in [0.25, 0.3) is 5.92 Å². The Kier molecular flexibility index (Phi) is 5.23. The van der Waals surface area contributed by atoms with E-state index in [-0.39, 0.29) is 37.9 Å². The molecule has 2 aliphatic rings. The van der Waals surface area contributed by atoms with Gasteiger partial charge in [-0.25, -0.2) is 13.6 Å². The number of carbonyl (C=O) groups excluding carboxylic acids is 3. The lowest BCUT2D eigenvalue weighted by Gasteiger charge is -2.14. The van der Waals surface area contributed by atoms with E-state index in [0.29, 0.717) is 0 Å². The molecule has 0 aliphatic carbocycles. The number of imide groups is 1. The lowest BCUT2D eigenvalue weighted by molar-refractivity contribution is -0.126. The van der Waals surface area contributed by atoms with Gasteiger partial charge in [-0.2, -0.15) is 0 Å². The molecule has 0 aromatic rings. The number of carbonyl (C=O) groups is 3. The summed E-state index contributed by atoms with van der Waals surface area (Å²) in [5.41, 5.74) is 0. The second-order valence-corrected chi connectivity index (χ2v) is 4.49. The lowest BCUT2D eigenvalue weighted by Crippen LogP contribution is -2.44. The van der Waals surface area contributed by atoms with E-state index >= 15 is 0 Å². The Labute approximate surface area is 119 Å². The maximum Gasteiger partial charge on any atom is 0.324 e. The van der Waals surface area contributed by atoms with E-state index in [1.807, 2.05) is 0 Å². The molecule has 0 aromatic heterocycles. The summed E-state index contributed by atoms with van der Waals surface area (Å²) in [6.45, 7) is -0.497. The Bertz CT molecular complexity index is 405. The molecule has 1 atom stereocenters. The number of halogens is 3. The van der Waals surface area contributed by atoms with Crippen LogP contribution in [0.5, 0.6) is 0 Å². The predicted octanol–water partition coefficient (Wildman–Crippen LogP) is -0.927. The van der Waals surface area contributed by atoms with Crippen LogP contribution >= 0.6 is 12.4 Å². The molecule has 10 heteroatoms. The Balaban J connectivity index is 0.00000200. The summed E-state index contributed by atoms with van der Waals surface area (Å²) in [4.78, 5) is 34.9. The molecule has 0 radical (unpaired) electrons. The number of hydrogen-bond donors (Lipinski definition) is 3. The summed E-state index contributed by atoms with van der Waals surface area (Å²) in [5, 5.41) is 7.18. The zero-order chi connectivity index (χ0) is 14.0. The van der Waals surface area contributed by atoms with E-state index in [4.69, 9.17) is 0 Å². The Morgan fingerprint density at radius 3 is 2.65 bits per heavy atom. The number of nitrogens with zero attached hydrogens (tertiary/aromatic N) is 1. The highest BCUT2D eigenvalue weighted by Crippen LogP contribution is 2.24. The minimum Gasteiger partial charge on any atom is -0.353 e. The van der Waals surface area contributed by atoms with Crippen molar-refractivity contribution in [2.24, 2.45) is 0 Å². The van der Waals surface area contributed by atoms with Crippen molar-refractivity contribution in [3.63, 3.8) is 0 Å². The van der Waals surface area contributed by atoms with Crippen LogP contribution in [0.25, 0.3) is 0 Å². The quantitative estimate of drug-likeness (QED) is 0.585. The normalized spacial score (nSPS) is 24.3. The third-order valence-corrected chi connectivity index (χ3v) is 3.00. The van der Waals surface area contributed by atoms with Crippen LogP contribution in [0.15, 0.2) is 0 Å². The number of amides is 4. The Hall–Kier alpha value is -1.48. The highest BCUT2D eigenvalue weighted by atomic mass is 35.5. The fourth-order valence-corrected chi connectivity index (χ4v) is 2.00. The molecule has 0 aromatic carbocycles. The number of nitrogens with one attached hydrogen (secondary N) is 3. The Morgan fingerprint density at radius 2 is 2.15 bits per heavy atom. The highest BCUT2D eigenvalue weighted by Gasteiger charge is 2.42. The van der Waals surface area contributed by atoms with Crippen LogP contribution < -0.4 is 16.0 Å². The van der Waals surface area contributed by atoms with Gasteiger partial charge in [0.2, 0.25) is 11.8 Å². The number of rotatable bonds is 4. The topological polar surface area (TPSA) is 90.5 Å². The number of alkyl halides is 2. The van der Waals surface area contributed by atoms with E-state index in [9.17, 15) is 23.2 Å². The second-order valence-electron chi connectivity index (χ2n) is 4.49. The van der Waals surface area contributed by atoms with Crippen molar-refractivity contribution >= 4 is 30.3 Å². The van der Waals surface area contributed by atoms with Crippen molar-refractivity contribution in [2.45, 2.75) is 18.4 Å². The van der Waals surface area contributed by atoms with Crippen LogP contribution in [-0.4, -0.2) is 60.9 Å². The van der Waals surface area contributed by atoms with Gasteiger partial charge in [0, 0.05) is 19.5 Å². The third-order valence-electron chi connectivity index (χ3n) is 3.00. The summed E-state index contributed by atoms with van der Waals surface area (Å²) in [5.74, 6) is -3.79. The van der Waals surface area contributed by atoms with Crippen LogP contribution in [0.4, 0.5) is 13.6 Å². The van der Waals surface area contributed by atoms with Gasteiger partial charge < -0.3 is 10.6 Å². The minimum atomic E-state index is -2.87. The molecule has 2 aliphatic heterocycles. The molecule has 0 bridgehead atoms. The molecule has 7 nitrogen and oxygen atoms in total. The zero-order valence-electron chi connectivity index (χ0n) is 10.4. The molecule has 20 heavy (non-hydrogen) atoms. The first-order valence-corrected chi connectivity index (χ1v) is 5.86. The molecular formula is C10H15ClF2N4O3. The molecule has 1 unspecified atom stereocenters. The molecule has 2 rings (SSSR count). The van der Waals surface area contributed by atoms with Crippen LogP contribution in [0, 0.1) is 0 Å². The van der Waals surface area contributed by atoms with E-state index in [2.05, 4.69) is 16.0 Å². The van der Waals surface area contributed by atoms with Crippen molar-refractivity contribution in [1.29, 1.82) is 0 Å². The average Bonchev–Trinajstić information content (AvgIpc) is 2.85. The van der Waals surface area contributed by atoms with Crippen LogP contribution in [0.2, 0.25) is 0 Å². The number of hydrogen-bond acceptors (Lipinski definition) is 4. The highest BCUT2D eigenvalue weighted by molar-refractivity contribution is 6.01. The van der Waals surface area contributed by atoms with E-state index < -0.39 is 36.9 Å². The van der Waals surface area contributed by atoms with E-state index in [1.54, 1.807) is 0 Å².